The fourth-order valence-electron chi connectivity index (χ4n) is 3.06. The summed E-state index contributed by atoms with van der Waals surface area (Å²) in [5, 5.41) is 0. The van der Waals surface area contributed by atoms with E-state index >= 15 is 0 Å². The van der Waals surface area contributed by atoms with E-state index in [9.17, 15) is 0 Å². The number of hydrogen-bond acceptors (Lipinski definition) is 1. The van der Waals surface area contributed by atoms with Crippen molar-refractivity contribution in [3.63, 3.8) is 0 Å². The van der Waals surface area contributed by atoms with Crippen molar-refractivity contribution in [1.82, 2.24) is 0 Å². The lowest BCUT2D eigenvalue weighted by Crippen LogP contribution is -1.94. The van der Waals surface area contributed by atoms with Gasteiger partial charge in [-0.05, 0) is 46.7 Å². The first-order valence-electron chi connectivity index (χ1n) is 9.80. The first kappa shape index (κ1) is 19.1. The van der Waals surface area contributed by atoms with Crippen LogP contribution < -0.4 is 0 Å². The first-order chi connectivity index (χ1) is 13.3. The van der Waals surface area contributed by atoms with Gasteiger partial charge < -0.3 is 4.74 Å². The molecule has 0 saturated heterocycles. The third kappa shape index (κ3) is 5.42. The normalized spacial score (nSPS) is 11.2. The van der Waals surface area contributed by atoms with Gasteiger partial charge in [0.25, 0.3) is 0 Å². The monoisotopic (exact) mass is 356 g/mol. The predicted octanol–water partition coefficient (Wildman–Crippen LogP) is 7.37. The quantitative estimate of drug-likeness (QED) is 0.383. The van der Waals surface area contributed by atoms with Crippen LogP contribution in [0, 0.1) is 0 Å². The molecule has 3 rings (SSSR count). The molecule has 0 aliphatic rings. The summed E-state index contributed by atoms with van der Waals surface area (Å²) in [6, 6.07) is 26.1. The number of hydrogen-bond donors (Lipinski definition) is 0. The minimum atomic E-state index is 0.697. The summed E-state index contributed by atoms with van der Waals surface area (Å²) < 4.78 is 5.69. The van der Waals surface area contributed by atoms with E-state index in [0.29, 0.717) is 6.61 Å². The van der Waals surface area contributed by atoms with Crippen molar-refractivity contribution >= 4 is 6.08 Å². The van der Waals surface area contributed by atoms with Crippen molar-refractivity contribution in [2.45, 2.75) is 33.3 Å². The van der Waals surface area contributed by atoms with Gasteiger partial charge in [0.1, 0.15) is 0 Å². The van der Waals surface area contributed by atoms with Gasteiger partial charge in [-0.2, -0.15) is 0 Å². The topological polar surface area (TPSA) is 9.23 Å². The van der Waals surface area contributed by atoms with E-state index in [4.69, 9.17) is 4.74 Å². The summed E-state index contributed by atoms with van der Waals surface area (Å²) in [5.74, 6) is 0. The third-order valence-electron chi connectivity index (χ3n) is 4.69. The molecule has 3 aromatic carbocycles. The molecule has 0 N–H and O–H groups in total. The van der Waals surface area contributed by atoms with Gasteiger partial charge in [0.05, 0.1) is 6.61 Å². The third-order valence-corrected chi connectivity index (χ3v) is 4.69. The Bertz CT molecular complexity index is 840. The van der Waals surface area contributed by atoms with Gasteiger partial charge in [-0.3, -0.25) is 0 Å². The molecule has 27 heavy (non-hydrogen) atoms. The molecule has 0 heterocycles. The lowest BCUT2D eigenvalue weighted by Gasteiger charge is -2.07. The van der Waals surface area contributed by atoms with E-state index < -0.39 is 0 Å². The molecule has 0 unspecified atom stereocenters. The molecule has 0 aromatic heterocycles. The Labute approximate surface area is 163 Å². The number of rotatable bonds is 8. The van der Waals surface area contributed by atoms with Crippen LogP contribution in [0.25, 0.3) is 28.3 Å². The fraction of sp³-hybridized carbons (Fsp3) is 0.231. The summed E-state index contributed by atoms with van der Waals surface area (Å²) in [6.07, 6.45) is 6.48. The van der Waals surface area contributed by atoms with Crippen molar-refractivity contribution in [2.24, 2.45) is 0 Å². The maximum atomic E-state index is 5.69. The smallest absolute Gasteiger partial charge is 0.0716 e. The van der Waals surface area contributed by atoms with Gasteiger partial charge in [-0.15, -0.1) is 0 Å². The van der Waals surface area contributed by atoms with Crippen molar-refractivity contribution in [1.29, 1.82) is 0 Å². The highest BCUT2D eigenvalue weighted by Gasteiger charge is 2.01. The van der Waals surface area contributed by atoms with E-state index in [-0.39, 0.29) is 0 Å². The minimum Gasteiger partial charge on any atom is -0.377 e. The van der Waals surface area contributed by atoms with Gasteiger partial charge in [-0.1, -0.05) is 98.3 Å². The largest absolute Gasteiger partial charge is 0.377 e. The zero-order valence-electron chi connectivity index (χ0n) is 16.3. The zero-order valence-corrected chi connectivity index (χ0v) is 16.3. The Balaban J connectivity index is 1.66. The summed E-state index contributed by atoms with van der Waals surface area (Å²) >= 11 is 0. The van der Waals surface area contributed by atoms with Crippen LogP contribution in [-0.4, -0.2) is 6.61 Å². The van der Waals surface area contributed by atoms with Crippen LogP contribution >= 0.6 is 0 Å². The van der Waals surface area contributed by atoms with Crippen molar-refractivity contribution in [2.75, 3.05) is 6.61 Å². The molecular formula is C26H28O. The van der Waals surface area contributed by atoms with Gasteiger partial charge in [0, 0.05) is 6.61 Å². The molecule has 1 nitrogen and oxygen atoms in total. The van der Waals surface area contributed by atoms with Crippen LogP contribution in [-0.2, 0) is 11.3 Å². The summed E-state index contributed by atoms with van der Waals surface area (Å²) in [5.41, 5.74) is 7.43. The van der Waals surface area contributed by atoms with E-state index in [1.807, 2.05) is 6.92 Å². The van der Waals surface area contributed by atoms with E-state index in [1.54, 1.807) is 0 Å². The van der Waals surface area contributed by atoms with E-state index in [1.165, 1.54) is 39.8 Å². The Morgan fingerprint density at radius 2 is 1.19 bits per heavy atom. The molecule has 0 radical (unpaired) electrons. The maximum absolute atomic E-state index is 5.69. The number of benzene rings is 3. The summed E-state index contributed by atoms with van der Waals surface area (Å²) in [4.78, 5) is 0. The molecule has 1 heteroatoms. The number of unbranched alkanes of at least 4 members (excludes halogenated alkanes) is 1. The second-order valence-corrected chi connectivity index (χ2v) is 6.80. The highest BCUT2D eigenvalue weighted by atomic mass is 16.5. The van der Waals surface area contributed by atoms with Crippen LogP contribution in [0.1, 0.15) is 37.8 Å². The predicted molar refractivity (Wildman–Crippen MR) is 117 cm³/mol. The lowest BCUT2D eigenvalue weighted by atomic mass is 9.99. The van der Waals surface area contributed by atoms with Crippen LogP contribution in [0.3, 0.4) is 0 Å². The molecule has 0 fully saturated rings. The fourth-order valence-corrected chi connectivity index (χ4v) is 3.06. The van der Waals surface area contributed by atoms with Crippen LogP contribution in [0.2, 0.25) is 0 Å². The second kappa shape index (κ2) is 9.89. The Kier molecular flexibility index (Phi) is 7.01. The van der Waals surface area contributed by atoms with Gasteiger partial charge in [-0.25, -0.2) is 0 Å². The van der Waals surface area contributed by atoms with Gasteiger partial charge in [0.2, 0.25) is 0 Å². The Hall–Kier alpha value is -2.64. The Morgan fingerprint density at radius 3 is 1.67 bits per heavy atom. The molecule has 0 aliphatic carbocycles. The first-order valence-corrected chi connectivity index (χ1v) is 9.80. The van der Waals surface area contributed by atoms with Crippen LogP contribution in [0.15, 0.2) is 78.9 Å². The number of ether oxygens (including phenoxy) is 1. The molecule has 0 saturated carbocycles. The molecule has 138 valence electrons. The van der Waals surface area contributed by atoms with Crippen molar-refractivity contribution in [3.8, 4) is 22.3 Å². The highest BCUT2D eigenvalue weighted by Crippen LogP contribution is 2.25. The molecule has 0 aliphatic heterocycles. The lowest BCUT2D eigenvalue weighted by molar-refractivity contribution is 0.118. The average Bonchev–Trinajstić information content (AvgIpc) is 2.73. The maximum Gasteiger partial charge on any atom is 0.0716 e. The molecule has 0 amide bonds. The molecule has 0 atom stereocenters. The van der Waals surface area contributed by atoms with E-state index in [2.05, 4.69) is 91.9 Å². The SMILES string of the molecule is CC=Cc1ccc(-c2ccc(-c3ccc(COCCCC)cc3)cc2)cc1. The highest BCUT2D eigenvalue weighted by molar-refractivity contribution is 5.71. The Morgan fingerprint density at radius 1 is 0.704 bits per heavy atom. The molecule has 3 aromatic rings. The average molecular weight is 357 g/mol. The zero-order chi connectivity index (χ0) is 18.9. The molecule has 0 bridgehead atoms. The summed E-state index contributed by atoms with van der Waals surface area (Å²) in [7, 11) is 0. The van der Waals surface area contributed by atoms with Crippen LogP contribution in [0.5, 0.6) is 0 Å². The second-order valence-electron chi connectivity index (χ2n) is 6.80. The summed E-state index contributed by atoms with van der Waals surface area (Å²) in [6.45, 7) is 5.76. The van der Waals surface area contributed by atoms with Crippen LogP contribution in [0.4, 0.5) is 0 Å². The minimum absolute atomic E-state index is 0.697. The number of allylic oxidation sites excluding steroid dienone is 1. The standard InChI is InChI=1S/C26H28O/c1-3-5-19-27-20-22-9-13-24(14-10-22)26-17-15-25(16-18-26)23-11-7-21(6-4-2)8-12-23/h4,6-18H,3,5,19-20H2,1-2H3. The van der Waals surface area contributed by atoms with Crippen molar-refractivity contribution < 1.29 is 4.74 Å². The van der Waals surface area contributed by atoms with Crippen molar-refractivity contribution in [3.05, 3.63) is 90.0 Å². The van der Waals surface area contributed by atoms with Gasteiger partial charge in [0.15, 0.2) is 0 Å². The van der Waals surface area contributed by atoms with E-state index in [0.717, 1.165) is 13.0 Å². The van der Waals surface area contributed by atoms with Gasteiger partial charge >= 0.3 is 0 Å². The molecule has 0 spiro atoms. The molecular weight excluding hydrogens is 328 g/mol.